The van der Waals surface area contributed by atoms with Gasteiger partial charge in [0.25, 0.3) is 0 Å². The van der Waals surface area contributed by atoms with Crippen LogP contribution in [0.5, 0.6) is 0 Å². The summed E-state index contributed by atoms with van der Waals surface area (Å²) in [5, 5.41) is 3.53. The molecule has 3 aromatic rings. The molecule has 0 aromatic heterocycles. The molecule has 0 aliphatic heterocycles. The van der Waals surface area contributed by atoms with Gasteiger partial charge in [0.05, 0.1) is 0 Å². The molecule has 3 rings (SSSR count). The Kier molecular flexibility index (Phi) is 5.99. The van der Waals surface area contributed by atoms with E-state index in [4.69, 9.17) is 0 Å². The van der Waals surface area contributed by atoms with E-state index in [0.29, 0.717) is 0 Å². The summed E-state index contributed by atoms with van der Waals surface area (Å²) in [7, 11) is 0. The molecule has 1 heteroatoms. The zero-order valence-corrected chi connectivity index (χ0v) is 13.9. The number of hydrogen-bond donors (Lipinski definition) is 1. The molecule has 1 N–H and O–H groups in total. The van der Waals surface area contributed by atoms with Crippen molar-refractivity contribution in [3.05, 3.63) is 114 Å². The molecule has 0 heterocycles. The highest BCUT2D eigenvalue weighted by Crippen LogP contribution is 2.22. The van der Waals surface area contributed by atoms with Crippen LogP contribution in [0.4, 0.5) is 0 Å². The van der Waals surface area contributed by atoms with Crippen LogP contribution in [-0.2, 0) is 6.42 Å². The molecule has 0 spiro atoms. The highest BCUT2D eigenvalue weighted by Gasteiger charge is 2.03. The summed E-state index contributed by atoms with van der Waals surface area (Å²) in [4.78, 5) is 0. The van der Waals surface area contributed by atoms with E-state index in [2.05, 4.69) is 102 Å². The van der Waals surface area contributed by atoms with Crippen molar-refractivity contribution in [3.63, 3.8) is 0 Å². The van der Waals surface area contributed by atoms with Crippen molar-refractivity contribution in [2.45, 2.75) is 6.42 Å². The van der Waals surface area contributed by atoms with E-state index < -0.39 is 0 Å². The molecular formula is C23H23N. The first-order valence-electron chi connectivity index (χ1n) is 8.49. The number of rotatable bonds is 7. The van der Waals surface area contributed by atoms with Gasteiger partial charge in [-0.05, 0) is 35.2 Å². The Balaban J connectivity index is 1.64. The van der Waals surface area contributed by atoms with E-state index in [-0.39, 0.29) is 0 Å². The lowest BCUT2D eigenvalue weighted by Crippen LogP contribution is -2.17. The zero-order valence-electron chi connectivity index (χ0n) is 13.9. The van der Waals surface area contributed by atoms with E-state index in [1.54, 1.807) is 0 Å². The van der Waals surface area contributed by atoms with Crippen LogP contribution in [0.1, 0.15) is 16.7 Å². The van der Waals surface area contributed by atoms with Crippen molar-refractivity contribution in [1.29, 1.82) is 0 Å². The smallest absolute Gasteiger partial charge is 0.0144 e. The fourth-order valence-electron chi connectivity index (χ4n) is 2.79. The third kappa shape index (κ3) is 4.68. The highest BCUT2D eigenvalue weighted by atomic mass is 14.8. The molecule has 0 unspecified atom stereocenters. The number of nitrogens with one attached hydrogen (secondary N) is 1. The first kappa shape index (κ1) is 16.2. The Labute approximate surface area is 144 Å². The molecule has 0 aliphatic rings. The van der Waals surface area contributed by atoms with Crippen LogP contribution >= 0.6 is 0 Å². The molecule has 0 saturated heterocycles. The molecular weight excluding hydrogens is 290 g/mol. The molecule has 0 aliphatic carbocycles. The number of hydrogen-bond acceptors (Lipinski definition) is 1. The molecule has 0 fully saturated rings. The average Bonchev–Trinajstić information content (AvgIpc) is 2.67. The van der Waals surface area contributed by atoms with Gasteiger partial charge in [0.2, 0.25) is 0 Å². The molecule has 0 radical (unpaired) electrons. The first-order valence-corrected chi connectivity index (χ1v) is 8.49. The van der Waals surface area contributed by atoms with Gasteiger partial charge in [-0.15, -0.1) is 0 Å². The van der Waals surface area contributed by atoms with Gasteiger partial charge >= 0.3 is 0 Å². The molecule has 0 atom stereocenters. The monoisotopic (exact) mass is 313 g/mol. The number of benzene rings is 3. The summed E-state index contributed by atoms with van der Waals surface area (Å²) < 4.78 is 0. The highest BCUT2D eigenvalue weighted by molar-refractivity contribution is 5.79. The van der Waals surface area contributed by atoms with Gasteiger partial charge in [-0.1, -0.05) is 97.1 Å². The molecule has 0 amide bonds. The van der Waals surface area contributed by atoms with Gasteiger partial charge in [-0.2, -0.15) is 0 Å². The summed E-state index contributed by atoms with van der Waals surface area (Å²) in [6, 6.07) is 31.8. The molecule has 0 saturated carbocycles. The van der Waals surface area contributed by atoms with E-state index in [1.807, 2.05) is 0 Å². The maximum atomic E-state index is 3.53. The van der Waals surface area contributed by atoms with E-state index in [0.717, 1.165) is 19.5 Å². The standard InChI is InChI=1S/C23H23N/c1-4-10-20(11-5-1)16-18-24-19-17-23(21-12-6-2-7-13-21)22-14-8-3-9-15-22/h1-15,17,24H,16,18-19H2. The molecule has 120 valence electrons. The van der Waals surface area contributed by atoms with Gasteiger partial charge in [0.1, 0.15) is 0 Å². The third-order valence-corrected chi connectivity index (χ3v) is 4.05. The van der Waals surface area contributed by atoms with Crippen molar-refractivity contribution in [1.82, 2.24) is 5.32 Å². The minimum Gasteiger partial charge on any atom is -0.313 e. The second-order valence-corrected chi connectivity index (χ2v) is 5.79. The van der Waals surface area contributed by atoms with Crippen LogP contribution in [0.3, 0.4) is 0 Å². The third-order valence-electron chi connectivity index (χ3n) is 4.05. The second-order valence-electron chi connectivity index (χ2n) is 5.79. The van der Waals surface area contributed by atoms with Crippen molar-refractivity contribution >= 4 is 5.57 Å². The van der Waals surface area contributed by atoms with Gasteiger partial charge < -0.3 is 5.32 Å². The van der Waals surface area contributed by atoms with Crippen LogP contribution in [0, 0.1) is 0 Å². The molecule has 0 bridgehead atoms. The predicted octanol–water partition coefficient (Wildman–Crippen LogP) is 4.95. The molecule has 1 nitrogen and oxygen atoms in total. The fraction of sp³-hybridized carbons (Fsp3) is 0.130. The lowest BCUT2D eigenvalue weighted by atomic mass is 9.97. The van der Waals surface area contributed by atoms with Crippen LogP contribution in [0.25, 0.3) is 5.57 Å². The van der Waals surface area contributed by atoms with E-state index in [9.17, 15) is 0 Å². The lowest BCUT2D eigenvalue weighted by Gasteiger charge is -2.09. The van der Waals surface area contributed by atoms with Gasteiger partial charge in [0, 0.05) is 6.54 Å². The Morgan fingerprint density at radius 1 is 0.667 bits per heavy atom. The Morgan fingerprint density at radius 3 is 1.71 bits per heavy atom. The Hall–Kier alpha value is -2.64. The van der Waals surface area contributed by atoms with Crippen molar-refractivity contribution in [2.75, 3.05) is 13.1 Å². The summed E-state index contributed by atoms with van der Waals surface area (Å²) in [5.41, 5.74) is 5.17. The topological polar surface area (TPSA) is 12.0 Å². The maximum absolute atomic E-state index is 3.53. The fourth-order valence-corrected chi connectivity index (χ4v) is 2.79. The SMILES string of the molecule is C(CNCCc1ccccc1)=C(c1ccccc1)c1ccccc1. The molecule has 3 aromatic carbocycles. The minimum absolute atomic E-state index is 0.867. The largest absolute Gasteiger partial charge is 0.313 e. The van der Waals surface area contributed by atoms with Crippen LogP contribution in [-0.4, -0.2) is 13.1 Å². The maximum Gasteiger partial charge on any atom is 0.0144 e. The van der Waals surface area contributed by atoms with Gasteiger partial charge in [-0.3, -0.25) is 0 Å². The zero-order chi connectivity index (χ0) is 16.5. The summed E-state index contributed by atoms with van der Waals surface area (Å²) in [5.74, 6) is 0. The van der Waals surface area contributed by atoms with Gasteiger partial charge in [0.15, 0.2) is 0 Å². The summed E-state index contributed by atoms with van der Waals surface area (Å²) >= 11 is 0. The summed E-state index contributed by atoms with van der Waals surface area (Å²) in [6.07, 6.45) is 3.34. The van der Waals surface area contributed by atoms with Crippen LogP contribution in [0.2, 0.25) is 0 Å². The average molecular weight is 313 g/mol. The molecule has 24 heavy (non-hydrogen) atoms. The van der Waals surface area contributed by atoms with Crippen molar-refractivity contribution < 1.29 is 0 Å². The van der Waals surface area contributed by atoms with Crippen molar-refractivity contribution in [2.24, 2.45) is 0 Å². The first-order chi connectivity index (χ1) is 11.9. The minimum atomic E-state index is 0.867. The normalized spacial score (nSPS) is 10.3. The Morgan fingerprint density at radius 2 is 1.17 bits per heavy atom. The summed E-state index contributed by atoms with van der Waals surface area (Å²) in [6.45, 7) is 1.85. The Bertz CT molecular complexity index is 704. The van der Waals surface area contributed by atoms with E-state index >= 15 is 0 Å². The predicted molar refractivity (Wildman–Crippen MR) is 103 cm³/mol. The van der Waals surface area contributed by atoms with E-state index in [1.165, 1.54) is 22.3 Å². The van der Waals surface area contributed by atoms with Crippen LogP contribution < -0.4 is 5.32 Å². The lowest BCUT2D eigenvalue weighted by molar-refractivity contribution is 0.745. The van der Waals surface area contributed by atoms with Crippen LogP contribution in [0.15, 0.2) is 97.1 Å². The second kappa shape index (κ2) is 8.85. The van der Waals surface area contributed by atoms with Gasteiger partial charge in [-0.25, -0.2) is 0 Å². The van der Waals surface area contributed by atoms with Crippen molar-refractivity contribution in [3.8, 4) is 0 Å². The quantitative estimate of drug-likeness (QED) is 0.609.